The number of aromatic amines is 1. The minimum absolute atomic E-state index is 0.297. The first-order valence-electron chi connectivity index (χ1n) is 4.32. The Morgan fingerprint density at radius 3 is 2.93 bits per heavy atom. The number of rotatable bonds is 5. The van der Waals surface area contributed by atoms with Gasteiger partial charge in [0.15, 0.2) is 0 Å². The molecule has 0 spiro atoms. The number of hydrogen-bond donors (Lipinski definition) is 4. The van der Waals surface area contributed by atoms with Crippen LogP contribution < -0.4 is 11.1 Å². The number of amides is 1. The van der Waals surface area contributed by atoms with Crippen LogP contribution >= 0.6 is 0 Å². The van der Waals surface area contributed by atoms with E-state index < -0.39 is 24.5 Å². The van der Waals surface area contributed by atoms with E-state index in [1.165, 1.54) is 6.33 Å². The van der Waals surface area contributed by atoms with Crippen LogP contribution in [0.1, 0.15) is 5.69 Å². The average Bonchev–Trinajstić information content (AvgIpc) is 2.66. The van der Waals surface area contributed by atoms with Crippen LogP contribution in [0.4, 0.5) is 0 Å². The van der Waals surface area contributed by atoms with Gasteiger partial charge in [-0.1, -0.05) is 0 Å². The Balaban J connectivity index is 2.36. The lowest BCUT2D eigenvalue weighted by Crippen LogP contribution is -2.43. The van der Waals surface area contributed by atoms with E-state index in [0.29, 0.717) is 6.42 Å². The smallest absolute Gasteiger partial charge is 0.322 e. The molecular weight excluding hydrogens is 200 g/mol. The zero-order chi connectivity index (χ0) is 11.3. The molecule has 0 saturated heterocycles. The van der Waals surface area contributed by atoms with Gasteiger partial charge >= 0.3 is 5.97 Å². The summed E-state index contributed by atoms with van der Waals surface area (Å²) in [4.78, 5) is 28.0. The number of imidazole rings is 1. The van der Waals surface area contributed by atoms with Crippen molar-refractivity contribution >= 4 is 11.9 Å². The van der Waals surface area contributed by atoms with E-state index in [-0.39, 0.29) is 0 Å². The Morgan fingerprint density at radius 1 is 1.67 bits per heavy atom. The standard InChI is InChI=1S/C8H12N4O3/c9-6(1-5-2-10-4-12-5)8(15)11-3-7(13)14/h2,4,6H,1,3,9H2,(H,10,12)(H,11,15)(H,13,14)/t6-/m1/s1. The molecule has 0 saturated carbocycles. The first kappa shape index (κ1) is 11.2. The normalized spacial score (nSPS) is 12.1. The predicted molar refractivity (Wildman–Crippen MR) is 50.9 cm³/mol. The second kappa shape index (κ2) is 5.11. The molecule has 1 amide bonds. The molecule has 0 radical (unpaired) electrons. The predicted octanol–water partition coefficient (Wildman–Crippen LogP) is -1.52. The van der Waals surface area contributed by atoms with Crippen molar-refractivity contribution in [3.05, 3.63) is 18.2 Å². The number of carboxylic acid groups (broad SMARTS) is 1. The third-order valence-electron chi connectivity index (χ3n) is 1.75. The van der Waals surface area contributed by atoms with Gasteiger partial charge in [0.25, 0.3) is 0 Å². The van der Waals surface area contributed by atoms with E-state index in [9.17, 15) is 9.59 Å². The number of nitrogens with two attached hydrogens (primary N) is 1. The van der Waals surface area contributed by atoms with Crippen LogP contribution in [0.2, 0.25) is 0 Å². The quantitative estimate of drug-likeness (QED) is 0.472. The molecule has 0 aliphatic rings. The number of nitrogens with one attached hydrogen (secondary N) is 2. The Labute approximate surface area is 85.7 Å². The topological polar surface area (TPSA) is 121 Å². The number of carbonyl (C=O) groups excluding carboxylic acids is 1. The van der Waals surface area contributed by atoms with E-state index in [2.05, 4.69) is 15.3 Å². The number of hydrogen-bond acceptors (Lipinski definition) is 4. The van der Waals surface area contributed by atoms with E-state index in [1.54, 1.807) is 6.20 Å². The maximum atomic E-state index is 11.2. The highest BCUT2D eigenvalue weighted by molar-refractivity contribution is 5.85. The number of carbonyl (C=O) groups is 2. The summed E-state index contributed by atoms with van der Waals surface area (Å²) in [5.74, 6) is -1.59. The SMILES string of the molecule is N[C@H](Cc1cnc[nH]1)C(=O)NCC(=O)O. The van der Waals surface area contributed by atoms with E-state index in [4.69, 9.17) is 10.8 Å². The minimum atomic E-state index is -1.10. The highest BCUT2D eigenvalue weighted by Crippen LogP contribution is 1.95. The Bertz CT molecular complexity index is 336. The summed E-state index contributed by atoms with van der Waals surface area (Å²) < 4.78 is 0. The second-order valence-corrected chi connectivity index (χ2v) is 3.00. The van der Waals surface area contributed by atoms with Crippen molar-refractivity contribution in [2.45, 2.75) is 12.5 Å². The van der Waals surface area contributed by atoms with Gasteiger partial charge in [-0.2, -0.15) is 0 Å². The van der Waals surface area contributed by atoms with E-state index >= 15 is 0 Å². The summed E-state index contributed by atoms with van der Waals surface area (Å²) in [6.07, 6.45) is 3.34. The molecule has 1 rings (SSSR count). The highest BCUT2D eigenvalue weighted by atomic mass is 16.4. The van der Waals surface area contributed by atoms with Gasteiger partial charge in [-0.05, 0) is 0 Å². The van der Waals surface area contributed by atoms with Crippen LogP contribution in [0, 0.1) is 0 Å². The first-order chi connectivity index (χ1) is 7.09. The molecule has 0 bridgehead atoms. The third kappa shape index (κ3) is 3.77. The van der Waals surface area contributed by atoms with E-state index in [0.717, 1.165) is 5.69 Å². The maximum absolute atomic E-state index is 11.2. The fraction of sp³-hybridized carbons (Fsp3) is 0.375. The summed E-state index contributed by atoms with van der Waals surface area (Å²) in [7, 11) is 0. The van der Waals surface area contributed by atoms with Gasteiger partial charge in [0, 0.05) is 18.3 Å². The van der Waals surface area contributed by atoms with Gasteiger partial charge < -0.3 is 21.1 Å². The van der Waals surface area contributed by atoms with Crippen molar-refractivity contribution in [1.29, 1.82) is 0 Å². The van der Waals surface area contributed by atoms with Gasteiger partial charge in [0.2, 0.25) is 5.91 Å². The van der Waals surface area contributed by atoms with Crippen LogP contribution in [0.5, 0.6) is 0 Å². The lowest BCUT2D eigenvalue weighted by atomic mass is 10.1. The summed E-state index contributed by atoms with van der Waals surface area (Å²) in [6, 6.07) is -0.773. The first-order valence-corrected chi connectivity index (χ1v) is 4.32. The van der Waals surface area contributed by atoms with Crippen molar-refractivity contribution in [3.8, 4) is 0 Å². The molecule has 1 aromatic rings. The zero-order valence-corrected chi connectivity index (χ0v) is 7.93. The molecule has 15 heavy (non-hydrogen) atoms. The van der Waals surface area contributed by atoms with E-state index in [1.807, 2.05) is 0 Å². The lowest BCUT2D eigenvalue weighted by molar-refractivity contribution is -0.138. The maximum Gasteiger partial charge on any atom is 0.322 e. The lowest BCUT2D eigenvalue weighted by Gasteiger charge is -2.09. The Kier molecular flexibility index (Phi) is 3.81. The monoisotopic (exact) mass is 212 g/mol. The molecular formula is C8H12N4O3. The van der Waals surface area contributed by atoms with Crippen LogP contribution in [0.3, 0.4) is 0 Å². The molecule has 1 aromatic heterocycles. The third-order valence-corrected chi connectivity index (χ3v) is 1.75. The number of aromatic nitrogens is 2. The molecule has 0 unspecified atom stereocenters. The number of aliphatic carboxylic acids is 1. The van der Waals surface area contributed by atoms with Crippen LogP contribution in [-0.2, 0) is 16.0 Å². The van der Waals surface area contributed by atoms with Gasteiger partial charge in [0.05, 0.1) is 12.4 Å². The summed E-state index contributed by atoms with van der Waals surface area (Å²) in [6.45, 7) is -0.421. The molecule has 82 valence electrons. The van der Waals surface area contributed by atoms with Crippen LogP contribution in [0.15, 0.2) is 12.5 Å². The van der Waals surface area contributed by atoms with Crippen molar-refractivity contribution < 1.29 is 14.7 Å². The molecule has 0 aromatic carbocycles. The molecule has 0 aliphatic carbocycles. The average molecular weight is 212 g/mol. The van der Waals surface area contributed by atoms with Crippen molar-refractivity contribution in [2.75, 3.05) is 6.54 Å². The molecule has 5 N–H and O–H groups in total. The minimum Gasteiger partial charge on any atom is -0.480 e. The molecule has 7 heteroatoms. The number of H-pyrrole nitrogens is 1. The highest BCUT2D eigenvalue weighted by Gasteiger charge is 2.14. The van der Waals surface area contributed by atoms with Crippen LogP contribution in [-0.4, -0.2) is 39.5 Å². The summed E-state index contributed by atoms with van der Waals surface area (Å²) in [5, 5.41) is 10.5. The van der Waals surface area contributed by atoms with Gasteiger partial charge in [-0.25, -0.2) is 4.98 Å². The van der Waals surface area contributed by atoms with Crippen molar-refractivity contribution in [2.24, 2.45) is 5.73 Å². The van der Waals surface area contributed by atoms with Gasteiger partial charge in [-0.15, -0.1) is 0 Å². The van der Waals surface area contributed by atoms with Crippen LogP contribution in [0.25, 0.3) is 0 Å². The summed E-state index contributed by atoms with van der Waals surface area (Å²) >= 11 is 0. The van der Waals surface area contributed by atoms with Crippen molar-refractivity contribution in [1.82, 2.24) is 15.3 Å². The fourth-order valence-electron chi connectivity index (χ4n) is 1.02. The summed E-state index contributed by atoms with van der Waals surface area (Å²) in [5.41, 5.74) is 6.27. The molecule has 0 aliphatic heterocycles. The largest absolute Gasteiger partial charge is 0.480 e. The second-order valence-electron chi connectivity index (χ2n) is 3.00. The van der Waals surface area contributed by atoms with Gasteiger partial charge in [0.1, 0.15) is 6.54 Å². The molecule has 0 fully saturated rings. The molecule has 7 nitrogen and oxygen atoms in total. The Morgan fingerprint density at radius 2 is 2.40 bits per heavy atom. The number of nitrogens with zero attached hydrogens (tertiary/aromatic N) is 1. The molecule has 1 atom stereocenters. The zero-order valence-electron chi connectivity index (χ0n) is 7.93. The molecule has 1 heterocycles. The van der Waals surface area contributed by atoms with Gasteiger partial charge in [-0.3, -0.25) is 9.59 Å². The van der Waals surface area contributed by atoms with Crippen molar-refractivity contribution in [3.63, 3.8) is 0 Å². The number of carboxylic acids is 1. The fourth-order valence-corrected chi connectivity index (χ4v) is 1.02. The Hall–Kier alpha value is -1.89.